The van der Waals surface area contributed by atoms with Crippen LogP contribution in [0.3, 0.4) is 0 Å². The van der Waals surface area contributed by atoms with Gasteiger partial charge in [0.1, 0.15) is 5.75 Å². The van der Waals surface area contributed by atoms with Crippen molar-refractivity contribution in [2.75, 3.05) is 46.4 Å². The van der Waals surface area contributed by atoms with Gasteiger partial charge in [-0.3, -0.25) is 9.69 Å². The Hall–Kier alpha value is -1.59. The second-order valence-electron chi connectivity index (χ2n) is 7.50. The highest BCUT2D eigenvalue weighted by Crippen LogP contribution is 2.12. The van der Waals surface area contributed by atoms with E-state index in [1.54, 1.807) is 7.11 Å². The average Bonchev–Trinajstić information content (AvgIpc) is 2.61. The van der Waals surface area contributed by atoms with Crippen LogP contribution in [0.4, 0.5) is 0 Å². The molecule has 1 amide bonds. The number of carbonyl (C=O) groups excluding carboxylic acids is 1. The molecule has 0 aliphatic carbocycles. The first kappa shape index (κ1) is 19.7. The van der Waals surface area contributed by atoms with Gasteiger partial charge in [-0.2, -0.15) is 0 Å². The van der Waals surface area contributed by atoms with Gasteiger partial charge in [0, 0.05) is 38.3 Å². The van der Waals surface area contributed by atoms with E-state index in [4.69, 9.17) is 4.74 Å². The Morgan fingerprint density at radius 2 is 1.72 bits per heavy atom. The van der Waals surface area contributed by atoms with Gasteiger partial charge in [-0.05, 0) is 44.4 Å². The SMILES string of the molecule is CCC(C)(C)NC(=O)CN1CCN(CCc2ccc(OC)cc2)CC1. The number of ether oxygens (including phenoxy) is 1. The van der Waals surface area contributed by atoms with E-state index >= 15 is 0 Å². The molecule has 0 aromatic heterocycles. The van der Waals surface area contributed by atoms with E-state index in [1.807, 2.05) is 12.1 Å². The van der Waals surface area contributed by atoms with E-state index in [0.717, 1.165) is 51.3 Å². The fraction of sp³-hybridized carbons (Fsp3) is 0.650. The maximum absolute atomic E-state index is 12.2. The standard InChI is InChI=1S/C20H33N3O2/c1-5-20(2,3)21-19(24)16-23-14-12-22(13-15-23)11-10-17-6-8-18(25-4)9-7-17/h6-9H,5,10-16H2,1-4H3,(H,21,24). The maximum atomic E-state index is 12.2. The third kappa shape index (κ3) is 6.67. The zero-order valence-corrected chi connectivity index (χ0v) is 16.2. The number of amides is 1. The highest BCUT2D eigenvalue weighted by molar-refractivity contribution is 5.78. The fourth-order valence-corrected chi connectivity index (χ4v) is 2.96. The molecule has 1 aliphatic heterocycles. The Labute approximate surface area is 152 Å². The van der Waals surface area contributed by atoms with Crippen LogP contribution in [0.2, 0.25) is 0 Å². The number of hydrogen-bond acceptors (Lipinski definition) is 4. The summed E-state index contributed by atoms with van der Waals surface area (Å²) in [7, 11) is 1.69. The van der Waals surface area contributed by atoms with E-state index in [9.17, 15) is 4.79 Å². The van der Waals surface area contributed by atoms with Crippen LogP contribution in [-0.4, -0.2) is 67.6 Å². The van der Waals surface area contributed by atoms with Crippen LogP contribution in [0.5, 0.6) is 5.75 Å². The van der Waals surface area contributed by atoms with Gasteiger partial charge in [-0.15, -0.1) is 0 Å². The number of nitrogens with zero attached hydrogens (tertiary/aromatic N) is 2. The summed E-state index contributed by atoms with van der Waals surface area (Å²) in [6.45, 7) is 11.8. The zero-order chi connectivity index (χ0) is 18.3. The van der Waals surface area contributed by atoms with Crippen molar-refractivity contribution in [3.63, 3.8) is 0 Å². The highest BCUT2D eigenvalue weighted by atomic mass is 16.5. The lowest BCUT2D eigenvalue weighted by Crippen LogP contribution is -2.52. The molecule has 0 spiro atoms. The van der Waals surface area contributed by atoms with Gasteiger partial charge in [0.25, 0.3) is 0 Å². The molecule has 0 unspecified atom stereocenters. The minimum atomic E-state index is -0.114. The Morgan fingerprint density at radius 1 is 1.12 bits per heavy atom. The molecule has 0 radical (unpaired) electrons. The lowest BCUT2D eigenvalue weighted by Gasteiger charge is -2.35. The summed E-state index contributed by atoms with van der Waals surface area (Å²) in [5, 5.41) is 3.12. The normalized spacial score (nSPS) is 16.6. The van der Waals surface area contributed by atoms with Crippen molar-refractivity contribution in [2.45, 2.75) is 39.2 Å². The van der Waals surface area contributed by atoms with E-state index in [2.05, 4.69) is 48.0 Å². The van der Waals surface area contributed by atoms with Crippen LogP contribution in [0.25, 0.3) is 0 Å². The van der Waals surface area contributed by atoms with Crippen molar-refractivity contribution in [3.05, 3.63) is 29.8 Å². The highest BCUT2D eigenvalue weighted by Gasteiger charge is 2.22. The summed E-state index contributed by atoms with van der Waals surface area (Å²) < 4.78 is 5.20. The van der Waals surface area contributed by atoms with Gasteiger partial charge in [0.2, 0.25) is 5.91 Å². The van der Waals surface area contributed by atoms with E-state index in [1.165, 1.54) is 5.56 Å². The minimum absolute atomic E-state index is 0.114. The van der Waals surface area contributed by atoms with Gasteiger partial charge in [-0.1, -0.05) is 19.1 Å². The molecule has 2 rings (SSSR count). The summed E-state index contributed by atoms with van der Waals surface area (Å²) in [5.41, 5.74) is 1.22. The Morgan fingerprint density at radius 3 is 2.28 bits per heavy atom. The van der Waals surface area contributed by atoms with Crippen LogP contribution >= 0.6 is 0 Å². The van der Waals surface area contributed by atoms with Crippen molar-refractivity contribution < 1.29 is 9.53 Å². The lowest BCUT2D eigenvalue weighted by atomic mass is 10.0. The minimum Gasteiger partial charge on any atom is -0.497 e. The first-order valence-electron chi connectivity index (χ1n) is 9.30. The molecule has 1 N–H and O–H groups in total. The Bertz CT molecular complexity index is 534. The van der Waals surface area contributed by atoms with E-state index in [0.29, 0.717) is 6.54 Å². The summed E-state index contributed by atoms with van der Waals surface area (Å²) in [6.07, 6.45) is 1.99. The molecule has 1 aliphatic rings. The van der Waals surface area contributed by atoms with Crippen LogP contribution in [-0.2, 0) is 11.2 Å². The third-order valence-corrected chi connectivity index (χ3v) is 5.07. The quantitative estimate of drug-likeness (QED) is 0.783. The van der Waals surface area contributed by atoms with Gasteiger partial charge in [-0.25, -0.2) is 0 Å². The van der Waals surface area contributed by atoms with Crippen LogP contribution in [0.1, 0.15) is 32.8 Å². The maximum Gasteiger partial charge on any atom is 0.234 e. The molecular weight excluding hydrogens is 314 g/mol. The largest absolute Gasteiger partial charge is 0.497 e. The predicted molar refractivity (Wildman–Crippen MR) is 102 cm³/mol. The van der Waals surface area contributed by atoms with Crippen molar-refractivity contribution in [1.82, 2.24) is 15.1 Å². The van der Waals surface area contributed by atoms with E-state index in [-0.39, 0.29) is 11.4 Å². The van der Waals surface area contributed by atoms with Gasteiger partial charge in [0.15, 0.2) is 0 Å². The molecule has 0 atom stereocenters. The molecule has 1 saturated heterocycles. The fourth-order valence-electron chi connectivity index (χ4n) is 2.96. The number of nitrogens with one attached hydrogen (secondary N) is 1. The van der Waals surface area contributed by atoms with Crippen LogP contribution < -0.4 is 10.1 Å². The molecular formula is C20H33N3O2. The number of benzene rings is 1. The Balaban J connectivity index is 1.68. The molecule has 0 bridgehead atoms. The number of piperazine rings is 1. The van der Waals surface area contributed by atoms with Crippen molar-refractivity contribution in [2.24, 2.45) is 0 Å². The zero-order valence-electron chi connectivity index (χ0n) is 16.2. The first-order chi connectivity index (χ1) is 11.9. The predicted octanol–water partition coefficient (Wildman–Crippen LogP) is 2.16. The smallest absolute Gasteiger partial charge is 0.234 e. The van der Waals surface area contributed by atoms with Crippen molar-refractivity contribution >= 4 is 5.91 Å². The molecule has 0 saturated carbocycles. The molecule has 5 nitrogen and oxygen atoms in total. The first-order valence-corrected chi connectivity index (χ1v) is 9.30. The summed E-state index contributed by atoms with van der Waals surface area (Å²) >= 11 is 0. The second kappa shape index (κ2) is 9.20. The van der Waals surface area contributed by atoms with Gasteiger partial charge >= 0.3 is 0 Å². The summed E-state index contributed by atoms with van der Waals surface area (Å²) in [5.74, 6) is 1.04. The van der Waals surface area contributed by atoms with E-state index < -0.39 is 0 Å². The molecule has 25 heavy (non-hydrogen) atoms. The molecule has 1 fully saturated rings. The number of rotatable bonds is 8. The summed E-state index contributed by atoms with van der Waals surface area (Å²) in [6, 6.07) is 8.30. The third-order valence-electron chi connectivity index (χ3n) is 5.07. The van der Waals surface area contributed by atoms with Gasteiger partial charge < -0.3 is 15.0 Å². The molecule has 5 heteroatoms. The monoisotopic (exact) mass is 347 g/mol. The molecule has 1 aromatic rings. The molecule has 140 valence electrons. The number of methoxy groups -OCH3 is 1. The Kier molecular flexibility index (Phi) is 7.26. The van der Waals surface area contributed by atoms with Crippen molar-refractivity contribution in [3.8, 4) is 5.75 Å². The number of hydrogen-bond donors (Lipinski definition) is 1. The topological polar surface area (TPSA) is 44.8 Å². The lowest BCUT2D eigenvalue weighted by molar-refractivity contribution is -0.124. The van der Waals surface area contributed by atoms with Gasteiger partial charge in [0.05, 0.1) is 13.7 Å². The average molecular weight is 348 g/mol. The molecule has 1 heterocycles. The number of carbonyl (C=O) groups is 1. The molecule has 1 aromatic carbocycles. The van der Waals surface area contributed by atoms with Crippen LogP contribution in [0, 0.1) is 0 Å². The second-order valence-corrected chi connectivity index (χ2v) is 7.50. The van der Waals surface area contributed by atoms with Crippen LogP contribution in [0.15, 0.2) is 24.3 Å². The van der Waals surface area contributed by atoms with Crippen molar-refractivity contribution in [1.29, 1.82) is 0 Å². The summed E-state index contributed by atoms with van der Waals surface area (Å²) in [4.78, 5) is 16.9.